The van der Waals surface area contributed by atoms with E-state index in [1.54, 1.807) is 11.1 Å². The minimum Gasteiger partial charge on any atom is -0.391 e. The molecule has 3 atom stereocenters. The van der Waals surface area contributed by atoms with Crippen molar-refractivity contribution in [3.05, 3.63) is 35.4 Å². The molecule has 1 fully saturated rings. The zero-order chi connectivity index (χ0) is 13.9. The summed E-state index contributed by atoms with van der Waals surface area (Å²) in [6.07, 6.45) is 8.30. The van der Waals surface area contributed by atoms with E-state index >= 15 is 0 Å². The summed E-state index contributed by atoms with van der Waals surface area (Å²) in [5.41, 5.74) is 3.13. The first-order chi connectivity index (χ1) is 9.75. The molecule has 0 heterocycles. The fraction of sp³-hybridized carbons (Fsp3) is 0.667. The third-order valence-electron chi connectivity index (χ3n) is 5.35. The molecule has 2 aliphatic rings. The minimum atomic E-state index is -0.107. The number of hydrogen-bond donors (Lipinski definition) is 1. The molecule has 1 unspecified atom stereocenters. The van der Waals surface area contributed by atoms with Gasteiger partial charge in [0.05, 0.1) is 6.10 Å². The largest absolute Gasteiger partial charge is 0.391 e. The minimum absolute atomic E-state index is 0.107. The van der Waals surface area contributed by atoms with Gasteiger partial charge in [-0.1, -0.05) is 37.1 Å². The van der Waals surface area contributed by atoms with Gasteiger partial charge in [-0.2, -0.15) is 0 Å². The monoisotopic (exact) mass is 273 g/mol. The molecule has 0 aromatic heterocycles. The molecule has 3 rings (SSSR count). The van der Waals surface area contributed by atoms with Gasteiger partial charge in [-0.3, -0.25) is 0 Å². The average molecular weight is 273 g/mol. The van der Waals surface area contributed by atoms with Crippen LogP contribution in [0.2, 0.25) is 0 Å². The van der Waals surface area contributed by atoms with Crippen molar-refractivity contribution in [2.75, 3.05) is 13.6 Å². The van der Waals surface area contributed by atoms with Crippen LogP contribution in [0.1, 0.15) is 55.6 Å². The molecule has 2 aliphatic carbocycles. The predicted octanol–water partition coefficient (Wildman–Crippen LogP) is 3.34. The highest BCUT2D eigenvalue weighted by Crippen LogP contribution is 2.35. The van der Waals surface area contributed by atoms with Crippen molar-refractivity contribution >= 4 is 0 Å². The van der Waals surface area contributed by atoms with Gasteiger partial charge in [-0.05, 0) is 62.7 Å². The van der Waals surface area contributed by atoms with Gasteiger partial charge in [0.2, 0.25) is 0 Å². The molecule has 1 aromatic carbocycles. The number of nitrogens with zero attached hydrogens (tertiary/aromatic N) is 1. The lowest BCUT2D eigenvalue weighted by Crippen LogP contribution is -2.43. The standard InChI is InChI=1S/C18H27NO/c1-19(17-8-4-5-9-18(17)20)13-12-15-11-10-14-6-2-3-7-16(14)15/h2-3,6-7,15,17-18,20H,4-5,8-13H2,1H3/t15?,17-,18-/m1/s1. The van der Waals surface area contributed by atoms with Gasteiger partial charge < -0.3 is 10.0 Å². The van der Waals surface area contributed by atoms with Crippen LogP contribution in [0, 0.1) is 0 Å². The summed E-state index contributed by atoms with van der Waals surface area (Å²) < 4.78 is 0. The molecular weight excluding hydrogens is 246 g/mol. The van der Waals surface area contributed by atoms with E-state index in [2.05, 4.69) is 36.2 Å². The van der Waals surface area contributed by atoms with E-state index in [1.807, 2.05) is 0 Å². The van der Waals surface area contributed by atoms with E-state index in [4.69, 9.17) is 0 Å². The number of aryl methyl sites for hydroxylation is 1. The molecule has 0 aliphatic heterocycles. The molecule has 0 saturated heterocycles. The van der Waals surface area contributed by atoms with Crippen molar-refractivity contribution in [1.82, 2.24) is 4.90 Å². The Balaban J connectivity index is 1.55. The van der Waals surface area contributed by atoms with Crippen molar-refractivity contribution < 1.29 is 5.11 Å². The number of likely N-dealkylation sites (N-methyl/N-ethyl adjacent to an activating group) is 1. The van der Waals surface area contributed by atoms with Gasteiger partial charge in [0.25, 0.3) is 0 Å². The Morgan fingerprint density at radius 2 is 1.95 bits per heavy atom. The molecule has 1 N–H and O–H groups in total. The highest BCUT2D eigenvalue weighted by Gasteiger charge is 2.28. The molecule has 2 heteroatoms. The maximum Gasteiger partial charge on any atom is 0.0695 e. The second kappa shape index (κ2) is 6.28. The predicted molar refractivity (Wildman–Crippen MR) is 83.0 cm³/mol. The van der Waals surface area contributed by atoms with Crippen LogP contribution in [0.5, 0.6) is 0 Å². The molecule has 0 spiro atoms. The number of fused-ring (bicyclic) bond motifs is 1. The lowest BCUT2D eigenvalue weighted by atomic mass is 9.91. The number of aliphatic hydroxyl groups is 1. The summed E-state index contributed by atoms with van der Waals surface area (Å²) in [6.45, 7) is 1.11. The van der Waals surface area contributed by atoms with Crippen LogP contribution in [0.15, 0.2) is 24.3 Å². The van der Waals surface area contributed by atoms with Gasteiger partial charge in [-0.15, -0.1) is 0 Å². The Morgan fingerprint density at radius 3 is 2.80 bits per heavy atom. The first-order valence-corrected chi connectivity index (χ1v) is 8.22. The van der Waals surface area contributed by atoms with Gasteiger partial charge in [0.15, 0.2) is 0 Å². The topological polar surface area (TPSA) is 23.5 Å². The van der Waals surface area contributed by atoms with Crippen molar-refractivity contribution in [2.24, 2.45) is 0 Å². The van der Waals surface area contributed by atoms with E-state index in [9.17, 15) is 5.11 Å². The molecule has 1 saturated carbocycles. The molecule has 0 radical (unpaired) electrons. The van der Waals surface area contributed by atoms with Gasteiger partial charge in [0, 0.05) is 6.04 Å². The molecule has 20 heavy (non-hydrogen) atoms. The summed E-state index contributed by atoms with van der Waals surface area (Å²) in [4.78, 5) is 2.41. The van der Waals surface area contributed by atoms with E-state index in [0.29, 0.717) is 6.04 Å². The molecule has 0 bridgehead atoms. The SMILES string of the molecule is CN(CCC1CCc2ccccc21)[C@@H]1CCCC[C@H]1O. The third-order valence-corrected chi connectivity index (χ3v) is 5.35. The zero-order valence-electron chi connectivity index (χ0n) is 12.6. The maximum absolute atomic E-state index is 10.1. The smallest absolute Gasteiger partial charge is 0.0695 e. The van der Waals surface area contributed by atoms with E-state index in [1.165, 1.54) is 38.5 Å². The first-order valence-electron chi connectivity index (χ1n) is 8.22. The first kappa shape index (κ1) is 14.1. The Kier molecular flexibility index (Phi) is 4.42. The third kappa shape index (κ3) is 2.91. The van der Waals surface area contributed by atoms with Gasteiger partial charge in [0.1, 0.15) is 0 Å². The highest BCUT2D eigenvalue weighted by molar-refractivity contribution is 5.34. The maximum atomic E-state index is 10.1. The van der Waals surface area contributed by atoms with Crippen molar-refractivity contribution in [3.8, 4) is 0 Å². The van der Waals surface area contributed by atoms with Crippen LogP contribution in [-0.2, 0) is 6.42 Å². The van der Waals surface area contributed by atoms with Crippen LogP contribution < -0.4 is 0 Å². The van der Waals surface area contributed by atoms with Gasteiger partial charge >= 0.3 is 0 Å². The second-order valence-electron chi connectivity index (χ2n) is 6.62. The van der Waals surface area contributed by atoms with Gasteiger partial charge in [-0.25, -0.2) is 0 Å². The van der Waals surface area contributed by atoms with Crippen molar-refractivity contribution in [1.29, 1.82) is 0 Å². The number of hydrogen-bond acceptors (Lipinski definition) is 2. The average Bonchev–Trinajstić information content (AvgIpc) is 2.88. The lowest BCUT2D eigenvalue weighted by Gasteiger charge is -2.35. The van der Waals surface area contributed by atoms with Crippen LogP contribution in [0.3, 0.4) is 0 Å². The Labute approximate surface area is 122 Å². The van der Waals surface area contributed by atoms with Crippen molar-refractivity contribution in [3.63, 3.8) is 0 Å². The second-order valence-corrected chi connectivity index (χ2v) is 6.62. The lowest BCUT2D eigenvalue weighted by molar-refractivity contribution is 0.0311. The van der Waals surface area contributed by atoms with E-state index in [-0.39, 0.29) is 6.10 Å². The van der Waals surface area contributed by atoms with Crippen LogP contribution >= 0.6 is 0 Å². The molecule has 0 amide bonds. The zero-order valence-corrected chi connectivity index (χ0v) is 12.6. The number of aliphatic hydroxyl groups excluding tert-OH is 1. The molecule has 1 aromatic rings. The summed E-state index contributed by atoms with van der Waals surface area (Å²) in [7, 11) is 2.19. The molecule has 2 nitrogen and oxygen atoms in total. The highest BCUT2D eigenvalue weighted by atomic mass is 16.3. The normalized spacial score (nSPS) is 29.6. The van der Waals surface area contributed by atoms with E-state index in [0.717, 1.165) is 18.9 Å². The van der Waals surface area contributed by atoms with Crippen LogP contribution in [-0.4, -0.2) is 35.7 Å². The Hall–Kier alpha value is -0.860. The quantitative estimate of drug-likeness (QED) is 0.909. The summed E-state index contributed by atoms with van der Waals surface area (Å²) in [5.74, 6) is 0.731. The fourth-order valence-corrected chi connectivity index (χ4v) is 4.08. The summed E-state index contributed by atoms with van der Waals surface area (Å²) in [6, 6.07) is 9.31. The van der Waals surface area contributed by atoms with Crippen molar-refractivity contribution in [2.45, 2.75) is 63.0 Å². The van der Waals surface area contributed by atoms with Crippen LogP contribution in [0.4, 0.5) is 0 Å². The summed E-state index contributed by atoms with van der Waals surface area (Å²) in [5, 5.41) is 10.1. The van der Waals surface area contributed by atoms with E-state index < -0.39 is 0 Å². The number of benzene rings is 1. The molecule has 110 valence electrons. The molecular formula is C18H27NO. The Bertz CT molecular complexity index is 445. The fourth-order valence-electron chi connectivity index (χ4n) is 4.08. The number of rotatable bonds is 4. The van der Waals surface area contributed by atoms with Crippen LogP contribution in [0.25, 0.3) is 0 Å². The Morgan fingerprint density at radius 1 is 1.15 bits per heavy atom. The summed E-state index contributed by atoms with van der Waals surface area (Å²) >= 11 is 0.